The summed E-state index contributed by atoms with van der Waals surface area (Å²) in [5.74, 6) is -0.845. The van der Waals surface area contributed by atoms with Crippen LogP contribution in [0.3, 0.4) is 0 Å². The number of rotatable bonds is 13. The molecule has 0 aliphatic heterocycles. The molecule has 39 heavy (non-hydrogen) atoms. The maximum Gasteiger partial charge on any atom is 0.166 e. The molecule has 1 fully saturated rings. The molecule has 0 atom stereocenters. The van der Waals surface area contributed by atoms with Crippen LogP contribution < -0.4 is 9.47 Å². The Hall–Kier alpha value is -3.25. The van der Waals surface area contributed by atoms with E-state index < -0.39 is 11.6 Å². The van der Waals surface area contributed by atoms with E-state index in [1.165, 1.54) is 6.07 Å². The van der Waals surface area contributed by atoms with Crippen LogP contribution >= 0.6 is 0 Å². The second-order valence-electron chi connectivity index (χ2n) is 10.0. The number of unbranched alkanes of at least 4 members (excludes halogenated alkanes) is 1. The summed E-state index contributed by atoms with van der Waals surface area (Å²) in [4.78, 5) is 0. The normalized spacial score (nSPS) is 17.1. The molecule has 1 aliphatic rings. The van der Waals surface area contributed by atoms with Crippen molar-refractivity contribution in [2.45, 2.75) is 70.5 Å². The molecule has 0 radical (unpaired) electrons. The fraction of sp³-hybridized carbons (Fsp3) is 0.394. The van der Waals surface area contributed by atoms with Gasteiger partial charge in [0.25, 0.3) is 0 Å². The van der Waals surface area contributed by atoms with Crippen molar-refractivity contribution in [2.24, 2.45) is 0 Å². The highest BCUT2D eigenvalue weighted by molar-refractivity contribution is 5.65. The molecule has 0 N–H and O–H groups in total. The third kappa shape index (κ3) is 7.66. The zero-order chi connectivity index (χ0) is 27.6. The minimum atomic E-state index is -0.821. The van der Waals surface area contributed by atoms with Gasteiger partial charge in [-0.05, 0) is 73.8 Å². The van der Waals surface area contributed by atoms with Crippen LogP contribution in [0, 0.1) is 17.5 Å². The van der Waals surface area contributed by atoms with Gasteiger partial charge in [0.1, 0.15) is 17.3 Å². The Bertz CT molecular complexity index is 1220. The van der Waals surface area contributed by atoms with Crippen LogP contribution in [0.4, 0.5) is 13.2 Å². The Morgan fingerprint density at radius 3 is 2.26 bits per heavy atom. The van der Waals surface area contributed by atoms with E-state index in [2.05, 4.69) is 13.5 Å². The smallest absolute Gasteiger partial charge is 0.166 e. The molecule has 0 saturated heterocycles. The van der Waals surface area contributed by atoms with Crippen molar-refractivity contribution in [2.75, 3.05) is 13.2 Å². The van der Waals surface area contributed by atoms with Crippen molar-refractivity contribution in [1.82, 2.24) is 0 Å². The lowest BCUT2D eigenvalue weighted by Crippen LogP contribution is -2.21. The monoisotopic (exact) mass is 538 g/mol. The van der Waals surface area contributed by atoms with E-state index in [4.69, 9.17) is 14.2 Å². The molecule has 1 saturated carbocycles. The molecule has 0 bridgehead atoms. The van der Waals surface area contributed by atoms with E-state index >= 15 is 8.78 Å². The van der Waals surface area contributed by atoms with E-state index in [0.29, 0.717) is 67.8 Å². The van der Waals surface area contributed by atoms with Crippen molar-refractivity contribution in [1.29, 1.82) is 0 Å². The molecular weight excluding hydrogens is 501 g/mol. The van der Waals surface area contributed by atoms with Gasteiger partial charge in [0.15, 0.2) is 11.6 Å². The van der Waals surface area contributed by atoms with Gasteiger partial charge in [-0.1, -0.05) is 49.8 Å². The molecule has 208 valence electrons. The topological polar surface area (TPSA) is 27.7 Å². The highest BCUT2D eigenvalue weighted by Gasteiger charge is 2.27. The Kier molecular flexibility index (Phi) is 10.5. The highest BCUT2D eigenvalue weighted by Crippen LogP contribution is 2.38. The van der Waals surface area contributed by atoms with E-state index in [0.717, 1.165) is 18.6 Å². The Morgan fingerprint density at radius 2 is 1.56 bits per heavy atom. The average Bonchev–Trinajstić information content (AvgIpc) is 2.95. The van der Waals surface area contributed by atoms with Gasteiger partial charge in [-0.15, -0.1) is 6.58 Å². The summed E-state index contributed by atoms with van der Waals surface area (Å²) in [6, 6.07) is 15.2. The van der Waals surface area contributed by atoms with Gasteiger partial charge in [-0.2, -0.15) is 0 Å². The van der Waals surface area contributed by atoms with Crippen LogP contribution in [0.1, 0.15) is 68.9 Å². The number of hydrogen-bond donors (Lipinski definition) is 0. The molecule has 3 aromatic carbocycles. The van der Waals surface area contributed by atoms with Gasteiger partial charge < -0.3 is 14.2 Å². The lowest BCUT2D eigenvalue weighted by atomic mass is 9.82. The zero-order valence-electron chi connectivity index (χ0n) is 22.6. The number of ether oxygens (including phenoxy) is 3. The van der Waals surface area contributed by atoms with Crippen molar-refractivity contribution >= 4 is 0 Å². The van der Waals surface area contributed by atoms with Crippen LogP contribution in [-0.2, 0) is 11.3 Å². The third-order valence-electron chi connectivity index (χ3n) is 7.25. The van der Waals surface area contributed by atoms with Gasteiger partial charge in [0.2, 0.25) is 0 Å². The molecule has 1 aliphatic carbocycles. The summed E-state index contributed by atoms with van der Waals surface area (Å²) in [6.45, 7) is 6.99. The first-order valence-electron chi connectivity index (χ1n) is 13.8. The predicted octanol–water partition coefficient (Wildman–Crippen LogP) is 9.15. The van der Waals surface area contributed by atoms with Gasteiger partial charge in [0, 0.05) is 17.2 Å². The summed E-state index contributed by atoms with van der Waals surface area (Å²) in [6.07, 6.45) is 7.19. The SMILES string of the molecule is C=CCCOc1ccc(COC2CCC(c3ccc(-c4ccc(OCCCC)cc4)c(F)c3F)CC2)c(F)c1. The molecule has 3 nitrogen and oxygen atoms in total. The summed E-state index contributed by atoms with van der Waals surface area (Å²) >= 11 is 0. The summed E-state index contributed by atoms with van der Waals surface area (Å²) < 4.78 is 61.9. The maximum absolute atomic E-state index is 15.2. The minimum absolute atomic E-state index is 0.0468. The summed E-state index contributed by atoms with van der Waals surface area (Å²) in [7, 11) is 0. The lowest BCUT2D eigenvalue weighted by Gasteiger charge is -2.29. The van der Waals surface area contributed by atoms with Crippen molar-refractivity contribution < 1.29 is 27.4 Å². The number of benzene rings is 3. The number of halogens is 3. The lowest BCUT2D eigenvalue weighted by molar-refractivity contribution is 0.0118. The Balaban J connectivity index is 1.30. The molecule has 0 aromatic heterocycles. The van der Waals surface area contributed by atoms with Crippen LogP contribution in [0.2, 0.25) is 0 Å². The molecular formula is C33H37F3O3. The first-order chi connectivity index (χ1) is 19.0. The molecule has 0 unspecified atom stereocenters. The first kappa shape index (κ1) is 28.8. The van der Waals surface area contributed by atoms with Crippen LogP contribution in [0.5, 0.6) is 11.5 Å². The quantitative estimate of drug-likeness (QED) is 0.160. The van der Waals surface area contributed by atoms with Crippen LogP contribution in [-0.4, -0.2) is 19.3 Å². The van der Waals surface area contributed by atoms with Gasteiger partial charge >= 0.3 is 0 Å². The van der Waals surface area contributed by atoms with E-state index in [-0.39, 0.29) is 30.0 Å². The Labute approximate surface area is 229 Å². The van der Waals surface area contributed by atoms with Crippen LogP contribution in [0.15, 0.2) is 67.3 Å². The average molecular weight is 539 g/mol. The second kappa shape index (κ2) is 14.2. The second-order valence-corrected chi connectivity index (χ2v) is 10.0. The van der Waals surface area contributed by atoms with Gasteiger partial charge in [0.05, 0.1) is 25.9 Å². The molecule has 4 rings (SSSR count). The first-order valence-corrected chi connectivity index (χ1v) is 13.8. The third-order valence-corrected chi connectivity index (χ3v) is 7.25. The fourth-order valence-corrected chi connectivity index (χ4v) is 4.91. The van der Waals surface area contributed by atoms with E-state index in [1.807, 2.05) is 0 Å². The van der Waals surface area contributed by atoms with E-state index in [1.54, 1.807) is 54.6 Å². The predicted molar refractivity (Wildman–Crippen MR) is 149 cm³/mol. The van der Waals surface area contributed by atoms with Crippen molar-refractivity contribution in [3.63, 3.8) is 0 Å². The molecule has 6 heteroatoms. The largest absolute Gasteiger partial charge is 0.494 e. The molecule has 3 aromatic rings. The molecule has 0 amide bonds. The molecule has 0 heterocycles. The summed E-state index contributed by atoms with van der Waals surface area (Å²) in [5, 5.41) is 0. The van der Waals surface area contributed by atoms with Crippen molar-refractivity contribution in [3.8, 4) is 22.6 Å². The highest BCUT2D eigenvalue weighted by atomic mass is 19.2. The Morgan fingerprint density at radius 1 is 0.846 bits per heavy atom. The molecule has 0 spiro atoms. The standard InChI is InChI=1S/C33H37F3O3/c1-3-5-19-37-26-12-7-23(8-13-26)29-17-18-30(33(36)32(29)35)24-9-14-27(15-10-24)39-22-25-11-16-28(21-31(25)34)38-20-6-4-2/h4,7-8,11-13,16-18,21,24,27H,2-3,5-6,9-10,14-15,19-20,22H2,1H3. The fourth-order valence-electron chi connectivity index (χ4n) is 4.91. The zero-order valence-corrected chi connectivity index (χ0v) is 22.6. The summed E-state index contributed by atoms with van der Waals surface area (Å²) in [5.41, 5.74) is 1.73. The van der Waals surface area contributed by atoms with Gasteiger partial charge in [-0.3, -0.25) is 0 Å². The minimum Gasteiger partial charge on any atom is -0.494 e. The van der Waals surface area contributed by atoms with Crippen LogP contribution in [0.25, 0.3) is 11.1 Å². The van der Waals surface area contributed by atoms with Gasteiger partial charge in [-0.25, -0.2) is 13.2 Å². The van der Waals surface area contributed by atoms with Crippen molar-refractivity contribution in [3.05, 3.63) is 95.8 Å². The maximum atomic E-state index is 15.2. The van der Waals surface area contributed by atoms with E-state index in [9.17, 15) is 4.39 Å². The number of hydrogen-bond acceptors (Lipinski definition) is 3.